The molecule has 0 spiro atoms. The number of carbonyl (C=O) groups excluding carboxylic acids is 4. The van der Waals surface area contributed by atoms with Crippen LogP contribution in [-0.4, -0.2) is 168 Å². The van der Waals surface area contributed by atoms with E-state index in [1.807, 2.05) is 60.7 Å². The number of fused-ring (bicyclic) bond motifs is 6. The van der Waals surface area contributed by atoms with E-state index in [9.17, 15) is 24.0 Å². The van der Waals surface area contributed by atoms with Crippen molar-refractivity contribution in [1.82, 2.24) is 61.7 Å². The number of carbonyl (C=O) groups is 4. The Morgan fingerprint density at radius 2 is 0.927 bits per heavy atom. The topological polar surface area (TPSA) is 316 Å². The van der Waals surface area contributed by atoms with Crippen LogP contribution in [0.25, 0.3) is 95.7 Å². The molecule has 8 aromatic heterocycles. The maximum atomic E-state index is 12.8. The number of thiazole rings is 3. The number of amides is 4. The Morgan fingerprint density at radius 1 is 0.491 bits per heavy atom. The van der Waals surface area contributed by atoms with Crippen LogP contribution in [0.4, 0.5) is 15.0 Å². The fraction of sp³-hybridized carbons (Fsp3) is 0.325. The molecular weight excluding hydrogens is 1510 g/mol. The van der Waals surface area contributed by atoms with Gasteiger partial charge in [0.15, 0.2) is 0 Å². The molecule has 11 heterocycles. The highest BCUT2D eigenvalue weighted by atomic mass is 32.1. The number of thiophene rings is 3. The lowest BCUT2D eigenvalue weighted by atomic mass is 10.0. The van der Waals surface area contributed by atoms with E-state index in [4.69, 9.17) is 34.4 Å². The highest BCUT2D eigenvalue weighted by Gasteiger charge is 2.29. The van der Waals surface area contributed by atoms with Gasteiger partial charge in [-0.2, -0.15) is 5.26 Å². The van der Waals surface area contributed by atoms with E-state index in [0.29, 0.717) is 70.0 Å². The number of aromatic nitrogens is 5. The Hall–Kier alpha value is -9.24. The predicted octanol–water partition coefficient (Wildman–Crippen LogP) is 12.4. The highest BCUT2D eigenvalue weighted by molar-refractivity contribution is 7.24. The quantitative estimate of drug-likeness (QED) is 0.0204. The van der Waals surface area contributed by atoms with Gasteiger partial charge in [-0.3, -0.25) is 24.0 Å². The van der Waals surface area contributed by atoms with Crippen molar-refractivity contribution in [3.05, 3.63) is 168 Å². The number of aromatic amines is 1. The number of nitriles is 1. The van der Waals surface area contributed by atoms with Gasteiger partial charge in [0, 0.05) is 174 Å². The normalized spacial score (nSPS) is 13.0. The molecule has 30 heteroatoms. The number of ether oxygens (including phenoxy) is 3. The largest absolute Gasteiger partial charge is 0.383 e. The molecule has 0 fully saturated rings. The monoisotopic (exact) mass is 1590 g/mol. The lowest BCUT2D eigenvalue weighted by molar-refractivity contribution is -0.116. The second kappa shape index (κ2) is 38.1. The van der Waals surface area contributed by atoms with E-state index in [0.717, 1.165) is 189 Å². The van der Waals surface area contributed by atoms with Gasteiger partial charge in [-0.25, -0.2) is 19.9 Å². The van der Waals surface area contributed by atoms with Gasteiger partial charge in [-0.15, -0.1) is 68.0 Å². The molecule has 12 aromatic rings. The number of hydrogen-bond donors (Lipinski definition) is 10. The Balaban J connectivity index is 0.000000145. The van der Waals surface area contributed by atoms with Crippen molar-refractivity contribution in [2.45, 2.75) is 58.2 Å². The molecule has 3 aliphatic rings. The molecule has 4 amide bonds. The number of benzene rings is 4. The maximum absolute atomic E-state index is 12.8. The maximum Gasteiger partial charge on any atom is 0.253 e. The van der Waals surface area contributed by atoms with Crippen LogP contribution in [0, 0.1) is 11.3 Å². The summed E-state index contributed by atoms with van der Waals surface area (Å²) < 4.78 is 18.3. The fourth-order valence-corrected chi connectivity index (χ4v) is 20.1. The number of nitrogens with zero attached hydrogens (tertiary/aromatic N) is 6. The Bertz CT molecular complexity index is 5340. The minimum absolute atomic E-state index is 0.00978. The number of methoxy groups -OCH3 is 3. The zero-order valence-corrected chi connectivity index (χ0v) is 66.6. The van der Waals surface area contributed by atoms with E-state index in [1.165, 1.54) is 37.4 Å². The molecule has 0 aliphatic carbocycles. The van der Waals surface area contributed by atoms with E-state index >= 15 is 0 Å². The van der Waals surface area contributed by atoms with Crippen LogP contribution >= 0.6 is 68.0 Å². The third kappa shape index (κ3) is 19.5. The van der Waals surface area contributed by atoms with Crippen molar-refractivity contribution in [3.63, 3.8) is 0 Å². The Morgan fingerprint density at radius 3 is 1.37 bits per heavy atom. The number of pyridine rings is 2. The van der Waals surface area contributed by atoms with Gasteiger partial charge >= 0.3 is 0 Å². The first-order valence-corrected chi connectivity index (χ1v) is 41.3. The van der Waals surface area contributed by atoms with Crippen LogP contribution < -0.4 is 53.4 Å². The number of hydrogen-bond acceptors (Lipinski definition) is 25. The zero-order valence-electron chi connectivity index (χ0n) is 61.7. The van der Waals surface area contributed by atoms with Gasteiger partial charge in [0.1, 0.15) is 41.8 Å². The van der Waals surface area contributed by atoms with Gasteiger partial charge in [0.05, 0.1) is 50.5 Å². The number of H-pyrrole nitrogens is 1. The summed E-state index contributed by atoms with van der Waals surface area (Å²) in [6, 6.07) is 35.3. The van der Waals surface area contributed by atoms with Crippen LogP contribution in [0.2, 0.25) is 0 Å². The summed E-state index contributed by atoms with van der Waals surface area (Å²) in [5.74, 6) is -0.0529. The first kappa shape index (κ1) is 78.9. The van der Waals surface area contributed by atoms with E-state index in [1.54, 1.807) is 127 Å². The molecular formula is C80H86N16O8S6. The molecule has 0 saturated heterocycles. The SMILES string of the molecule is COCCNCCC(=O)Nc1sc2c(c1-c1nc3cc(-c4cccc(C(=O)N(C)C)c4)ccc3s1)CCNC2.COCCNCCC(=O)Nc1sc2c(c1-c1nc3ccc(-c4ccc(=O)[nH]c4)cc3s1)CCNC2.COCCNCCC(=O)Nc1sc2c(c1-c1nc3ccc(-c4ccc(C#N)nc4)cc3s1)CCNC2. The third-order valence-electron chi connectivity index (χ3n) is 18.6. The molecule has 24 nitrogen and oxygen atoms in total. The second-order valence-electron chi connectivity index (χ2n) is 26.4. The van der Waals surface area contributed by atoms with Crippen molar-refractivity contribution in [1.29, 1.82) is 5.26 Å². The summed E-state index contributed by atoms with van der Waals surface area (Å²) in [6.07, 6.45) is 7.36. The summed E-state index contributed by atoms with van der Waals surface area (Å²) in [4.78, 5) is 89.4. The summed E-state index contributed by atoms with van der Waals surface area (Å²) in [6.45, 7) is 11.0. The first-order valence-electron chi connectivity index (χ1n) is 36.4. The first-order chi connectivity index (χ1) is 53.7. The van der Waals surface area contributed by atoms with E-state index in [2.05, 4.69) is 94.2 Å². The van der Waals surface area contributed by atoms with Crippen molar-refractivity contribution in [2.24, 2.45) is 0 Å². The summed E-state index contributed by atoms with van der Waals surface area (Å²) in [5.41, 5.74) is 16.6. The molecule has 4 aromatic carbocycles. The minimum Gasteiger partial charge on any atom is -0.383 e. The van der Waals surface area contributed by atoms with Gasteiger partial charge in [-0.1, -0.05) is 30.3 Å². The Labute approximate surface area is 660 Å². The van der Waals surface area contributed by atoms with E-state index in [-0.39, 0.29) is 29.2 Å². The molecule has 110 heavy (non-hydrogen) atoms. The minimum atomic E-state index is -0.119. The van der Waals surface area contributed by atoms with Crippen LogP contribution in [0.5, 0.6) is 0 Å². The van der Waals surface area contributed by atoms with Crippen molar-refractivity contribution in [2.75, 3.05) is 130 Å². The number of rotatable bonds is 28. The molecule has 10 N–H and O–H groups in total. The molecule has 0 saturated carbocycles. The third-order valence-corrected chi connectivity index (χ3v) is 25.1. The molecule has 0 unspecified atom stereocenters. The lowest BCUT2D eigenvalue weighted by Gasteiger charge is -2.13. The van der Waals surface area contributed by atoms with Gasteiger partial charge < -0.3 is 71.9 Å². The summed E-state index contributed by atoms with van der Waals surface area (Å²) >= 11 is 9.85. The molecule has 0 bridgehead atoms. The molecule has 0 atom stereocenters. The van der Waals surface area contributed by atoms with Crippen LogP contribution in [-0.2, 0) is 67.5 Å². The molecule has 3 aliphatic heterocycles. The van der Waals surface area contributed by atoms with Gasteiger partial charge in [0.25, 0.3) is 5.91 Å². The standard InChI is InChI=1S/C29H33N5O3S2.C26H26N6O2S2.C25H27N5O3S2/c1-34(2)29(36)20-6-4-5-18(15-20)19-7-8-23-22(16-19)32-27(38-23)26-21-9-11-31-17-24(21)39-28(26)33-25(35)10-12-30-13-14-37-3;1-34-11-10-28-9-7-23(33)32-26-24(19-6-8-29-15-22(19)36-26)25-31-20-5-3-16(12-21(20)35-25)17-2-4-18(13-27)30-14-17;1-33-11-10-26-9-7-22(32)30-25-23(17-6-8-27-14-20(17)35-25)24-29-18-4-2-15(12-19(18)34-24)16-3-5-21(31)28-13-16/h4-8,15-16,30-31H,9-14,17H2,1-3H3,(H,33,35);2-5,12,14,28-29H,6-11,15H2,1H3,(H,32,33);2-5,12-13,26-27H,6-11,14H2,1H3,(H,28,31)(H,30,32). The zero-order chi connectivity index (χ0) is 76.5. The van der Waals surface area contributed by atoms with Crippen molar-refractivity contribution < 1.29 is 33.4 Å². The summed E-state index contributed by atoms with van der Waals surface area (Å²) in [7, 11) is 8.51. The van der Waals surface area contributed by atoms with E-state index < -0.39 is 0 Å². The lowest BCUT2D eigenvalue weighted by Crippen LogP contribution is -2.24. The highest BCUT2D eigenvalue weighted by Crippen LogP contribution is 2.49. The second-order valence-corrected chi connectivity index (χ2v) is 32.8. The summed E-state index contributed by atoms with van der Waals surface area (Å²) in [5, 5.41) is 43.9. The van der Waals surface area contributed by atoms with Gasteiger partial charge in [-0.05, 0) is 150 Å². The fourth-order valence-electron chi connectivity index (χ4n) is 13.0. The van der Waals surface area contributed by atoms with Crippen molar-refractivity contribution >= 4 is 137 Å². The Kier molecular flexibility index (Phi) is 27.3. The van der Waals surface area contributed by atoms with Crippen molar-refractivity contribution in [3.8, 4) is 71.2 Å². The van der Waals surface area contributed by atoms with Crippen LogP contribution in [0.1, 0.15) is 66.6 Å². The molecule has 15 rings (SSSR count). The number of nitrogens with one attached hydrogen (secondary N) is 10. The predicted molar refractivity (Wildman–Crippen MR) is 446 cm³/mol. The number of anilines is 3. The van der Waals surface area contributed by atoms with Crippen LogP contribution in [0.3, 0.4) is 0 Å². The molecule has 0 radical (unpaired) electrons. The van der Waals surface area contributed by atoms with Crippen LogP contribution in [0.15, 0.2) is 120 Å². The smallest absolute Gasteiger partial charge is 0.253 e. The average molecular weight is 1590 g/mol. The average Bonchev–Trinajstić information content (AvgIpc) is 1.62. The molecule has 570 valence electrons. The van der Waals surface area contributed by atoms with Gasteiger partial charge in [0.2, 0.25) is 23.3 Å².